The Bertz CT molecular complexity index is 1130. The van der Waals surface area contributed by atoms with Crippen molar-refractivity contribution >= 4 is 29.2 Å². The van der Waals surface area contributed by atoms with Gasteiger partial charge in [0, 0.05) is 31.0 Å². The van der Waals surface area contributed by atoms with Crippen LogP contribution >= 0.6 is 0 Å². The molecule has 8 nitrogen and oxygen atoms in total. The second-order valence-electron chi connectivity index (χ2n) is 10.5. The third kappa shape index (κ3) is 5.73. The van der Waals surface area contributed by atoms with Crippen LogP contribution < -0.4 is 15.5 Å². The molecule has 2 N–H and O–H groups in total. The Morgan fingerprint density at radius 3 is 2.41 bits per heavy atom. The number of amides is 4. The minimum Gasteiger partial charge on any atom is -0.354 e. The normalized spacial score (nSPS) is 17.7. The molecule has 2 fully saturated rings. The van der Waals surface area contributed by atoms with Crippen LogP contribution in [0.2, 0.25) is 0 Å². The molecule has 2 aliphatic rings. The number of aryl methyl sites for hydroxylation is 2. The zero-order chi connectivity index (χ0) is 26.6. The summed E-state index contributed by atoms with van der Waals surface area (Å²) in [4.78, 5) is 45.1. The minimum atomic E-state index is -0.769. The van der Waals surface area contributed by atoms with Crippen molar-refractivity contribution in [3.63, 3.8) is 0 Å². The van der Waals surface area contributed by atoms with Crippen LogP contribution in [0.1, 0.15) is 44.2 Å². The first-order valence-corrected chi connectivity index (χ1v) is 13.3. The molecule has 1 unspecified atom stereocenters. The van der Waals surface area contributed by atoms with Crippen LogP contribution in [0.3, 0.4) is 0 Å². The van der Waals surface area contributed by atoms with Crippen LogP contribution in [0, 0.1) is 19.8 Å². The molecule has 0 aliphatic carbocycles. The summed E-state index contributed by atoms with van der Waals surface area (Å²) in [5.74, 6) is 0.220. The number of hydrogen-bond donors (Lipinski definition) is 2. The van der Waals surface area contributed by atoms with Gasteiger partial charge in [0.1, 0.15) is 12.1 Å². The van der Waals surface area contributed by atoms with Crippen LogP contribution in [0.15, 0.2) is 48.5 Å². The highest BCUT2D eigenvalue weighted by molar-refractivity contribution is 5.97. The van der Waals surface area contributed by atoms with Gasteiger partial charge in [-0.1, -0.05) is 56.2 Å². The maximum Gasteiger partial charge on any atom is 0.321 e. The van der Waals surface area contributed by atoms with Crippen molar-refractivity contribution in [2.45, 2.75) is 52.5 Å². The molecule has 1 spiro atoms. The molecule has 0 saturated carbocycles. The number of urea groups is 1. The number of anilines is 2. The Kier molecular flexibility index (Phi) is 8.05. The molecule has 2 saturated heterocycles. The minimum absolute atomic E-state index is 0.0375. The smallest absolute Gasteiger partial charge is 0.321 e. The van der Waals surface area contributed by atoms with Crippen LogP contribution in [0.5, 0.6) is 0 Å². The van der Waals surface area contributed by atoms with Crippen molar-refractivity contribution in [1.82, 2.24) is 15.1 Å². The number of piperidine rings is 1. The third-order valence-corrected chi connectivity index (χ3v) is 7.76. The fourth-order valence-corrected chi connectivity index (χ4v) is 5.21. The van der Waals surface area contributed by atoms with Crippen molar-refractivity contribution < 1.29 is 14.4 Å². The maximum atomic E-state index is 13.8. The van der Waals surface area contributed by atoms with Crippen LogP contribution in [0.4, 0.5) is 16.2 Å². The van der Waals surface area contributed by atoms with E-state index in [9.17, 15) is 14.4 Å². The molecule has 198 valence electrons. The monoisotopic (exact) mass is 505 g/mol. The van der Waals surface area contributed by atoms with Gasteiger partial charge in [0.2, 0.25) is 5.91 Å². The van der Waals surface area contributed by atoms with E-state index < -0.39 is 5.54 Å². The van der Waals surface area contributed by atoms with E-state index in [-0.39, 0.29) is 24.4 Å². The van der Waals surface area contributed by atoms with Gasteiger partial charge in [0.15, 0.2) is 0 Å². The van der Waals surface area contributed by atoms with Gasteiger partial charge in [-0.2, -0.15) is 0 Å². The summed E-state index contributed by atoms with van der Waals surface area (Å²) >= 11 is 0. The molecule has 2 heterocycles. The number of benzene rings is 2. The van der Waals surface area contributed by atoms with E-state index in [0.29, 0.717) is 45.1 Å². The average Bonchev–Trinajstić information content (AvgIpc) is 3.15. The summed E-state index contributed by atoms with van der Waals surface area (Å²) in [6.07, 6.45) is 2.00. The van der Waals surface area contributed by atoms with Gasteiger partial charge in [-0.05, 0) is 56.4 Å². The fraction of sp³-hybridized carbons (Fsp3) is 0.483. The van der Waals surface area contributed by atoms with Gasteiger partial charge in [0.05, 0.1) is 6.67 Å². The summed E-state index contributed by atoms with van der Waals surface area (Å²) in [7, 11) is 0. The molecule has 2 aromatic carbocycles. The van der Waals surface area contributed by atoms with E-state index in [4.69, 9.17) is 0 Å². The Morgan fingerprint density at radius 2 is 1.76 bits per heavy atom. The van der Waals surface area contributed by atoms with E-state index in [0.717, 1.165) is 28.9 Å². The van der Waals surface area contributed by atoms with E-state index in [1.54, 1.807) is 9.80 Å². The van der Waals surface area contributed by atoms with Crippen molar-refractivity contribution in [3.05, 3.63) is 59.7 Å². The van der Waals surface area contributed by atoms with E-state index >= 15 is 0 Å². The van der Waals surface area contributed by atoms with E-state index in [1.165, 1.54) is 0 Å². The topological polar surface area (TPSA) is 85.0 Å². The average molecular weight is 506 g/mol. The Balaban J connectivity index is 1.47. The lowest BCUT2D eigenvalue weighted by atomic mass is 9.85. The van der Waals surface area contributed by atoms with E-state index in [1.807, 2.05) is 62.4 Å². The van der Waals surface area contributed by atoms with Crippen LogP contribution in [0.25, 0.3) is 0 Å². The first kappa shape index (κ1) is 26.5. The number of likely N-dealkylation sites (tertiary alicyclic amines) is 1. The largest absolute Gasteiger partial charge is 0.354 e. The molecule has 1 atom stereocenters. The predicted molar refractivity (Wildman–Crippen MR) is 146 cm³/mol. The quantitative estimate of drug-likeness (QED) is 0.592. The second-order valence-corrected chi connectivity index (χ2v) is 10.5. The van der Waals surface area contributed by atoms with Crippen molar-refractivity contribution in [1.29, 1.82) is 0 Å². The van der Waals surface area contributed by atoms with Gasteiger partial charge in [-0.15, -0.1) is 0 Å². The number of hydrogen-bond acceptors (Lipinski definition) is 4. The van der Waals surface area contributed by atoms with E-state index in [2.05, 4.69) is 29.4 Å². The highest BCUT2D eigenvalue weighted by Gasteiger charge is 2.54. The maximum absolute atomic E-state index is 13.8. The van der Waals surface area contributed by atoms with Crippen LogP contribution in [-0.2, 0) is 9.59 Å². The zero-order valence-electron chi connectivity index (χ0n) is 22.4. The molecule has 4 rings (SSSR count). The van der Waals surface area contributed by atoms with Gasteiger partial charge in [-0.25, -0.2) is 4.79 Å². The van der Waals surface area contributed by atoms with Gasteiger partial charge in [0.25, 0.3) is 5.91 Å². The van der Waals surface area contributed by atoms with Gasteiger partial charge < -0.3 is 25.3 Å². The lowest BCUT2D eigenvalue weighted by Crippen LogP contribution is -2.58. The van der Waals surface area contributed by atoms with Gasteiger partial charge >= 0.3 is 6.03 Å². The number of nitrogens with zero attached hydrogens (tertiary/aromatic N) is 3. The zero-order valence-corrected chi connectivity index (χ0v) is 22.4. The number of carbonyl (C=O) groups is 3. The molecular formula is C29H39N5O3. The number of para-hydroxylation sites is 1. The Labute approximate surface area is 220 Å². The Hall–Kier alpha value is -3.55. The summed E-state index contributed by atoms with van der Waals surface area (Å²) in [5, 5.41) is 6.00. The highest BCUT2D eigenvalue weighted by atomic mass is 16.2. The summed E-state index contributed by atoms with van der Waals surface area (Å²) < 4.78 is 0. The third-order valence-electron chi connectivity index (χ3n) is 7.76. The first-order valence-electron chi connectivity index (χ1n) is 13.3. The van der Waals surface area contributed by atoms with Crippen LogP contribution in [-0.4, -0.2) is 66.0 Å². The second kappa shape index (κ2) is 11.2. The molecule has 4 amide bonds. The standard InChI is InChI=1S/C29H39N5O3/c1-5-21(2)18-30-26(35)19-33-20-34(24-9-7-6-8-10-24)29(27(33)36)13-15-32(16-14-29)28(37)31-25-12-11-22(3)17-23(25)4/h6-12,17,21H,5,13-16,18-20H2,1-4H3,(H,30,35)(H,31,37). The predicted octanol–water partition coefficient (Wildman–Crippen LogP) is 4.14. The van der Waals surface area contributed by atoms with Crippen molar-refractivity contribution in [2.75, 3.05) is 43.1 Å². The molecule has 8 heteroatoms. The first-order chi connectivity index (χ1) is 17.7. The molecule has 2 aliphatic heterocycles. The lowest BCUT2D eigenvalue weighted by molar-refractivity contribution is -0.137. The fourth-order valence-electron chi connectivity index (χ4n) is 5.21. The Morgan fingerprint density at radius 1 is 1.05 bits per heavy atom. The van der Waals surface area contributed by atoms with Crippen molar-refractivity contribution in [2.24, 2.45) is 5.92 Å². The number of carbonyl (C=O) groups excluding carboxylic acids is 3. The highest BCUT2D eigenvalue weighted by Crippen LogP contribution is 2.39. The molecule has 2 aromatic rings. The van der Waals surface area contributed by atoms with Crippen molar-refractivity contribution in [3.8, 4) is 0 Å². The molecule has 37 heavy (non-hydrogen) atoms. The summed E-state index contributed by atoms with van der Waals surface area (Å²) in [6, 6.07) is 15.7. The number of nitrogens with one attached hydrogen (secondary N) is 2. The summed E-state index contributed by atoms with van der Waals surface area (Å²) in [6.45, 7) is 10.1. The molecule has 0 bridgehead atoms. The van der Waals surface area contributed by atoms with Gasteiger partial charge in [-0.3, -0.25) is 9.59 Å². The molecule has 0 aromatic heterocycles. The summed E-state index contributed by atoms with van der Waals surface area (Å²) in [5.41, 5.74) is 3.15. The molecular weight excluding hydrogens is 466 g/mol. The lowest BCUT2D eigenvalue weighted by Gasteiger charge is -2.43. The number of rotatable bonds is 7. The molecule has 0 radical (unpaired) electrons. The SMILES string of the molecule is CCC(C)CNC(=O)CN1CN(c2ccccc2)C2(CCN(C(=O)Nc3ccc(C)cc3C)CC2)C1=O.